The molecule has 2 aliphatic heterocycles. The van der Waals surface area contributed by atoms with Crippen LogP contribution in [0.15, 0.2) is 60.9 Å². The van der Waals surface area contributed by atoms with Gasteiger partial charge in [-0.3, -0.25) is 9.78 Å². The van der Waals surface area contributed by atoms with Crippen LogP contribution in [0.5, 0.6) is 17.2 Å². The SMILES string of the molecule is COc1cc(C(=O)N2CCC(CCN3CCC(Nc4nc5ccccc5n4CCOCC#N)CC3)(c3cccnc3)C2)cc(OC)c1OC. The average Bonchev–Trinajstić information content (AvgIpc) is 3.74. The Labute approximate surface area is 287 Å². The van der Waals surface area contributed by atoms with Crippen LogP contribution in [0.25, 0.3) is 11.0 Å². The number of nitriles is 1. The highest BCUT2D eigenvalue weighted by Gasteiger charge is 2.42. The number of piperidine rings is 1. The molecule has 1 unspecified atom stereocenters. The maximum Gasteiger partial charge on any atom is 0.254 e. The van der Waals surface area contributed by atoms with Crippen LogP contribution in [0.2, 0.25) is 0 Å². The van der Waals surface area contributed by atoms with Crippen LogP contribution < -0.4 is 19.5 Å². The first-order valence-electron chi connectivity index (χ1n) is 16.9. The molecule has 2 aliphatic rings. The van der Waals surface area contributed by atoms with Crippen molar-refractivity contribution in [3.8, 4) is 23.3 Å². The summed E-state index contributed by atoms with van der Waals surface area (Å²) in [5.74, 6) is 2.18. The van der Waals surface area contributed by atoms with Crippen molar-refractivity contribution in [3.05, 3.63) is 72.1 Å². The maximum atomic E-state index is 13.9. The van der Waals surface area contributed by atoms with E-state index in [2.05, 4.69) is 31.9 Å². The lowest BCUT2D eigenvalue weighted by Gasteiger charge is -2.36. The standard InChI is InChI=1S/C37H45N7O5/c1-46-32-23-27(24-33(47-2)34(32)48-3)35(45)43-19-13-37(26-43,28-7-6-15-39-25-28)12-18-42-16-10-29(11-17-42)40-36-41-30-8-4-5-9-31(30)44(36)20-22-49-21-14-38/h4-9,15,23-25,29H,10-13,16-22,26H2,1-3H3,(H,40,41). The van der Waals surface area contributed by atoms with Gasteiger partial charge in [-0.1, -0.05) is 18.2 Å². The van der Waals surface area contributed by atoms with Crippen molar-refractivity contribution >= 4 is 22.9 Å². The Bertz CT molecular complexity index is 1740. The van der Waals surface area contributed by atoms with Crippen molar-refractivity contribution in [2.24, 2.45) is 0 Å². The van der Waals surface area contributed by atoms with E-state index < -0.39 is 0 Å². The number of fused-ring (bicyclic) bond motifs is 1. The molecular weight excluding hydrogens is 622 g/mol. The van der Waals surface area contributed by atoms with Gasteiger partial charge in [0.2, 0.25) is 11.7 Å². The number of carbonyl (C=O) groups is 1. The van der Waals surface area contributed by atoms with Gasteiger partial charge in [-0.05, 0) is 68.1 Å². The fourth-order valence-corrected chi connectivity index (χ4v) is 7.23. The smallest absolute Gasteiger partial charge is 0.254 e. The molecular formula is C37H45N7O5. The topological polar surface area (TPSA) is 127 Å². The van der Waals surface area contributed by atoms with Gasteiger partial charge >= 0.3 is 0 Å². The number of ether oxygens (including phenoxy) is 4. The second-order valence-corrected chi connectivity index (χ2v) is 12.7. The van der Waals surface area contributed by atoms with Crippen molar-refractivity contribution in [2.45, 2.75) is 43.7 Å². The number of rotatable bonds is 14. The monoisotopic (exact) mass is 667 g/mol. The molecule has 2 aromatic heterocycles. The number of carbonyl (C=O) groups excluding carboxylic acids is 1. The van der Waals surface area contributed by atoms with Gasteiger partial charge in [0.1, 0.15) is 6.61 Å². The summed E-state index contributed by atoms with van der Waals surface area (Å²) in [6, 6.07) is 18.0. The molecule has 1 N–H and O–H groups in total. The number of para-hydroxylation sites is 2. The van der Waals surface area contributed by atoms with Crippen LogP contribution in [0.4, 0.5) is 5.95 Å². The van der Waals surface area contributed by atoms with Crippen molar-refractivity contribution in [1.82, 2.24) is 24.3 Å². The Kier molecular flexibility index (Phi) is 10.8. The molecule has 0 saturated carbocycles. The van der Waals surface area contributed by atoms with E-state index >= 15 is 0 Å². The van der Waals surface area contributed by atoms with Gasteiger partial charge in [-0.25, -0.2) is 4.98 Å². The number of aromatic nitrogens is 3. The zero-order valence-corrected chi connectivity index (χ0v) is 28.6. The third-order valence-corrected chi connectivity index (χ3v) is 9.93. The van der Waals surface area contributed by atoms with Crippen LogP contribution in [0, 0.1) is 11.3 Å². The molecule has 2 aromatic carbocycles. The summed E-state index contributed by atoms with van der Waals surface area (Å²) in [5, 5.41) is 12.6. The molecule has 258 valence electrons. The molecule has 0 bridgehead atoms. The largest absolute Gasteiger partial charge is 0.493 e. The van der Waals surface area contributed by atoms with Gasteiger partial charge in [0.05, 0.1) is 45.0 Å². The first-order chi connectivity index (χ1) is 24.0. The van der Waals surface area contributed by atoms with E-state index in [1.165, 1.54) is 5.56 Å². The number of likely N-dealkylation sites (tertiary alicyclic amines) is 2. The third kappa shape index (κ3) is 7.43. The van der Waals surface area contributed by atoms with Crippen LogP contribution in [0.3, 0.4) is 0 Å². The Morgan fingerprint density at radius 1 is 1.02 bits per heavy atom. The Balaban J connectivity index is 1.10. The van der Waals surface area contributed by atoms with Gasteiger partial charge < -0.3 is 38.6 Å². The molecule has 6 rings (SSSR count). The second kappa shape index (κ2) is 15.6. The van der Waals surface area contributed by atoms with E-state index in [9.17, 15) is 4.79 Å². The molecule has 2 saturated heterocycles. The molecule has 4 heterocycles. The van der Waals surface area contributed by atoms with Crippen LogP contribution in [-0.2, 0) is 16.7 Å². The molecule has 12 nitrogen and oxygen atoms in total. The minimum atomic E-state index is -0.196. The van der Waals surface area contributed by atoms with Gasteiger partial charge in [0, 0.05) is 62.1 Å². The van der Waals surface area contributed by atoms with Gasteiger partial charge in [0.25, 0.3) is 5.91 Å². The highest BCUT2D eigenvalue weighted by molar-refractivity contribution is 5.96. The van der Waals surface area contributed by atoms with Crippen molar-refractivity contribution in [1.29, 1.82) is 5.26 Å². The van der Waals surface area contributed by atoms with Gasteiger partial charge in [0.15, 0.2) is 11.5 Å². The lowest BCUT2D eigenvalue weighted by Crippen LogP contribution is -2.42. The molecule has 12 heteroatoms. The van der Waals surface area contributed by atoms with Gasteiger partial charge in [-0.15, -0.1) is 0 Å². The highest BCUT2D eigenvalue weighted by Crippen LogP contribution is 2.41. The number of methoxy groups -OCH3 is 3. The summed E-state index contributed by atoms with van der Waals surface area (Å²) in [6.45, 7) is 5.30. The number of hydrogen-bond donors (Lipinski definition) is 1. The van der Waals surface area contributed by atoms with Gasteiger partial charge in [-0.2, -0.15) is 5.26 Å². The molecule has 0 aliphatic carbocycles. The Morgan fingerprint density at radius 3 is 2.49 bits per heavy atom. The Morgan fingerprint density at radius 2 is 1.80 bits per heavy atom. The fraction of sp³-hybridized carbons (Fsp3) is 0.459. The lowest BCUT2D eigenvalue weighted by atomic mass is 9.77. The first kappa shape index (κ1) is 34.0. The molecule has 1 amide bonds. The zero-order chi connectivity index (χ0) is 34.2. The summed E-state index contributed by atoms with van der Waals surface area (Å²) >= 11 is 0. The van der Waals surface area contributed by atoms with Crippen LogP contribution in [-0.4, -0.2) is 104 Å². The summed E-state index contributed by atoms with van der Waals surface area (Å²) in [5.41, 5.74) is 3.48. The summed E-state index contributed by atoms with van der Waals surface area (Å²) in [6.07, 6.45) is 7.55. The first-order valence-corrected chi connectivity index (χ1v) is 16.9. The molecule has 49 heavy (non-hydrogen) atoms. The Hall–Kier alpha value is -4.86. The van der Waals surface area contributed by atoms with E-state index in [0.717, 1.165) is 62.3 Å². The maximum absolute atomic E-state index is 13.9. The number of nitrogens with zero attached hydrogens (tertiary/aromatic N) is 6. The van der Waals surface area contributed by atoms with E-state index in [1.807, 2.05) is 41.4 Å². The van der Waals surface area contributed by atoms with Crippen LogP contribution in [0.1, 0.15) is 41.6 Å². The van der Waals surface area contributed by atoms with Crippen molar-refractivity contribution < 1.29 is 23.7 Å². The number of amides is 1. The van der Waals surface area contributed by atoms with Crippen molar-refractivity contribution in [2.75, 3.05) is 72.6 Å². The molecule has 4 aromatic rings. The second-order valence-electron chi connectivity index (χ2n) is 12.7. The molecule has 0 spiro atoms. The molecule has 0 radical (unpaired) electrons. The summed E-state index contributed by atoms with van der Waals surface area (Å²) < 4.78 is 24.1. The predicted molar refractivity (Wildman–Crippen MR) is 186 cm³/mol. The van der Waals surface area contributed by atoms with E-state index in [0.29, 0.717) is 55.1 Å². The predicted octanol–water partition coefficient (Wildman–Crippen LogP) is 4.75. The normalized spacial score (nSPS) is 18.4. The lowest BCUT2D eigenvalue weighted by molar-refractivity contribution is 0.0779. The molecule has 2 fully saturated rings. The number of benzene rings is 2. The zero-order valence-electron chi connectivity index (χ0n) is 28.6. The van der Waals surface area contributed by atoms with E-state index in [1.54, 1.807) is 39.7 Å². The highest BCUT2D eigenvalue weighted by atomic mass is 16.5. The fourth-order valence-electron chi connectivity index (χ4n) is 7.23. The number of hydrogen-bond acceptors (Lipinski definition) is 10. The summed E-state index contributed by atoms with van der Waals surface area (Å²) in [7, 11) is 4.67. The minimum Gasteiger partial charge on any atom is -0.493 e. The minimum absolute atomic E-state index is 0.0560. The number of anilines is 1. The number of pyridine rings is 1. The van der Waals surface area contributed by atoms with E-state index in [-0.39, 0.29) is 17.9 Å². The third-order valence-electron chi connectivity index (χ3n) is 9.93. The number of imidazole rings is 1. The van der Waals surface area contributed by atoms with E-state index in [4.69, 9.17) is 29.2 Å². The van der Waals surface area contributed by atoms with Crippen LogP contribution >= 0.6 is 0 Å². The summed E-state index contributed by atoms with van der Waals surface area (Å²) in [4.78, 5) is 27.7. The molecule has 1 atom stereocenters. The van der Waals surface area contributed by atoms with Crippen molar-refractivity contribution in [3.63, 3.8) is 0 Å². The average molecular weight is 668 g/mol. The quantitative estimate of drug-likeness (QED) is 0.188. The number of nitrogens with one attached hydrogen (secondary N) is 1.